The van der Waals surface area contributed by atoms with E-state index in [1.165, 1.54) is 0 Å². The standard InChI is InChI=1S/C15H20N2O2S/c18-14(19)15(17-9-3-7-16-8-10-17)6-11-20-13-5-2-1-4-12(13)15/h1-2,4-5,16H,3,6-11H2,(H,18,19). The molecule has 2 aliphatic heterocycles. The SMILES string of the molecule is O=C(O)C1(N2CCCNCC2)CCSc2ccccc21. The van der Waals surface area contributed by atoms with E-state index in [-0.39, 0.29) is 0 Å². The number of carboxylic acids is 1. The lowest BCUT2D eigenvalue weighted by atomic mass is 9.84. The van der Waals surface area contributed by atoms with E-state index < -0.39 is 11.5 Å². The van der Waals surface area contributed by atoms with Gasteiger partial charge in [0.1, 0.15) is 5.54 Å². The Morgan fingerprint density at radius 2 is 2.15 bits per heavy atom. The molecule has 5 heteroatoms. The molecular weight excluding hydrogens is 272 g/mol. The van der Waals surface area contributed by atoms with Crippen molar-refractivity contribution in [1.82, 2.24) is 10.2 Å². The molecular formula is C15H20N2O2S. The molecule has 1 fully saturated rings. The number of thioether (sulfide) groups is 1. The van der Waals surface area contributed by atoms with Gasteiger partial charge in [-0.3, -0.25) is 4.90 Å². The predicted molar refractivity (Wildman–Crippen MR) is 80.2 cm³/mol. The molecule has 20 heavy (non-hydrogen) atoms. The number of nitrogens with one attached hydrogen (secondary N) is 1. The van der Waals surface area contributed by atoms with Crippen LogP contribution in [0.15, 0.2) is 29.2 Å². The van der Waals surface area contributed by atoms with Gasteiger partial charge in [-0.1, -0.05) is 18.2 Å². The van der Waals surface area contributed by atoms with Gasteiger partial charge in [0.2, 0.25) is 0 Å². The minimum absolute atomic E-state index is 0.685. The van der Waals surface area contributed by atoms with Crippen molar-refractivity contribution in [3.63, 3.8) is 0 Å². The number of aliphatic carboxylic acids is 1. The lowest BCUT2D eigenvalue weighted by molar-refractivity contribution is -0.153. The van der Waals surface area contributed by atoms with Crippen molar-refractivity contribution >= 4 is 17.7 Å². The molecule has 2 aliphatic rings. The number of rotatable bonds is 2. The number of benzene rings is 1. The topological polar surface area (TPSA) is 52.6 Å². The molecule has 2 N–H and O–H groups in total. The Morgan fingerprint density at radius 3 is 3.00 bits per heavy atom. The van der Waals surface area contributed by atoms with Crippen LogP contribution in [0.4, 0.5) is 0 Å². The molecule has 0 saturated carbocycles. The van der Waals surface area contributed by atoms with Gasteiger partial charge in [0.05, 0.1) is 0 Å². The Bertz CT molecular complexity index is 500. The smallest absolute Gasteiger partial charge is 0.328 e. The van der Waals surface area contributed by atoms with Gasteiger partial charge in [-0.2, -0.15) is 0 Å². The number of hydrogen-bond donors (Lipinski definition) is 2. The van der Waals surface area contributed by atoms with Gasteiger partial charge in [0.15, 0.2) is 0 Å². The average Bonchev–Trinajstić information content (AvgIpc) is 2.75. The minimum atomic E-state index is -0.839. The summed E-state index contributed by atoms with van der Waals surface area (Å²) in [6.07, 6.45) is 1.69. The van der Waals surface area contributed by atoms with E-state index in [1.807, 2.05) is 24.3 Å². The van der Waals surface area contributed by atoms with E-state index in [2.05, 4.69) is 10.2 Å². The molecule has 1 saturated heterocycles. The number of nitrogens with zero attached hydrogens (tertiary/aromatic N) is 1. The molecule has 0 amide bonds. The van der Waals surface area contributed by atoms with Crippen molar-refractivity contribution < 1.29 is 9.90 Å². The molecule has 1 aromatic carbocycles. The maximum Gasteiger partial charge on any atom is 0.328 e. The van der Waals surface area contributed by atoms with Crippen LogP contribution >= 0.6 is 11.8 Å². The Kier molecular flexibility index (Phi) is 4.01. The first-order valence-corrected chi connectivity index (χ1v) is 8.15. The third kappa shape index (κ3) is 2.24. The second kappa shape index (κ2) is 5.76. The molecule has 3 rings (SSSR count). The van der Waals surface area contributed by atoms with Crippen molar-refractivity contribution in [3.05, 3.63) is 29.8 Å². The first-order chi connectivity index (χ1) is 9.75. The van der Waals surface area contributed by atoms with E-state index in [1.54, 1.807) is 11.8 Å². The summed E-state index contributed by atoms with van der Waals surface area (Å²) in [4.78, 5) is 15.5. The van der Waals surface area contributed by atoms with Gasteiger partial charge >= 0.3 is 5.97 Å². The largest absolute Gasteiger partial charge is 0.480 e. The third-order valence-electron chi connectivity index (χ3n) is 4.29. The summed E-state index contributed by atoms with van der Waals surface area (Å²) >= 11 is 1.77. The highest BCUT2D eigenvalue weighted by Gasteiger charge is 2.48. The quantitative estimate of drug-likeness (QED) is 0.870. The van der Waals surface area contributed by atoms with Crippen LogP contribution in [0.25, 0.3) is 0 Å². The summed E-state index contributed by atoms with van der Waals surface area (Å²) in [6, 6.07) is 7.99. The zero-order chi connectivity index (χ0) is 14.0. The summed E-state index contributed by atoms with van der Waals surface area (Å²) in [7, 11) is 0. The van der Waals surface area contributed by atoms with Crippen molar-refractivity contribution in [3.8, 4) is 0 Å². The lowest BCUT2D eigenvalue weighted by Crippen LogP contribution is -2.54. The molecule has 108 valence electrons. The molecule has 0 radical (unpaired) electrons. The van der Waals surface area contributed by atoms with E-state index in [0.29, 0.717) is 6.42 Å². The highest BCUT2D eigenvalue weighted by molar-refractivity contribution is 7.99. The fraction of sp³-hybridized carbons (Fsp3) is 0.533. The van der Waals surface area contributed by atoms with E-state index in [9.17, 15) is 9.90 Å². The first kappa shape index (κ1) is 13.9. The third-order valence-corrected chi connectivity index (χ3v) is 5.36. The number of carboxylic acid groups (broad SMARTS) is 1. The first-order valence-electron chi connectivity index (χ1n) is 7.16. The van der Waals surface area contributed by atoms with Crippen LogP contribution in [0, 0.1) is 0 Å². The molecule has 0 bridgehead atoms. The summed E-state index contributed by atoms with van der Waals surface area (Å²) in [6.45, 7) is 3.48. The Hall–Kier alpha value is -1.04. The second-order valence-corrected chi connectivity index (χ2v) is 6.49. The van der Waals surface area contributed by atoms with Crippen LogP contribution in [0.2, 0.25) is 0 Å². The van der Waals surface area contributed by atoms with Crippen LogP contribution < -0.4 is 5.32 Å². The molecule has 0 aromatic heterocycles. The molecule has 0 spiro atoms. The van der Waals surface area contributed by atoms with Gasteiger partial charge in [0.25, 0.3) is 0 Å². The fourth-order valence-corrected chi connectivity index (χ4v) is 4.48. The average molecular weight is 292 g/mol. The van der Waals surface area contributed by atoms with Crippen LogP contribution in [-0.4, -0.2) is 47.9 Å². The molecule has 0 aliphatic carbocycles. The Morgan fingerprint density at radius 1 is 1.30 bits per heavy atom. The van der Waals surface area contributed by atoms with Crippen molar-refractivity contribution in [2.45, 2.75) is 23.3 Å². The summed E-state index contributed by atoms with van der Waals surface area (Å²) in [5, 5.41) is 13.4. The minimum Gasteiger partial charge on any atom is -0.480 e. The van der Waals surface area contributed by atoms with Gasteiger partial charge < -0.3 is 10.4 Å². The lowest BCUT2D eigenvalue weighted by Gasteiger charge is -2.43. The van der Waals surface area contributed by atoms with Crippen LogP contribution in [0.5, 0.6) is 0 Å². The Balaban J connectivity index is 2.06. The highest BCUT2D eigenvalue weighted by Crippen LogP contribution is 2.44. The van der Waals surface area contributed by atoms with Crippen molar-refractivity contribution in [2.75, 3.05) is 31.9 Å². The second-order valence-electron chi connectivity index (χ2n) is 5.35. The Labute approximate surface area is 123 Å². The predicted octanol–water partition coefficient (Wildman–Crippen LogP) is 1.76. The summed E-state index contributed by atoms with van der Waals surface area (Å²) < 4.78 is 0. The van der Waals surface area contributed by atoms with Crippen LogP contribution in [0.3, 0.4) is 0 Å². The molecule has 1 atom stereocenters. The van der Waals surface area contributed by atoms with Gasteiger partial charge in [-0.05, 0) is 31.0 Å². The van der Waals surface area contributed by atoms with Gasteiger partial charge in [-0.15, -0.1) is 11.8 Å². The highest BCUT2D eigenvalue weighted by atomic mass is 32.2. The molecule has 1 unspecified atom stereocenters. The maximum absolute atomic E-state index is 12.2. The normalized spacial score (nSPS) is 27.6. The molecule has 4 nitrogen and oxygen atoms in total. The van der Waals surface area contributed by atoms with E-state index in [0.717, 1.165) is 48.8 Å². The zero-order valence-electron chi connectivity index (χ0n) is 11.5. The van der Waals surface area contributed by atoms with Crippen molar-refractivity contribution in [2.24, 2.45) is 0 Å². The van der Waals surface area contributed by atoms with E-state index >= 15 is 0 Å². The van der Waals surface area contributed by atoms with Crippen LogP contribution in [-0.2, 0) is 10.3 Å². The summed E-state index contributed by atoms with van der Waals surface area (Å²) in [5.74, 6) is 0.167. The molecule has 1 aromatic rings. The van der Waals surface area contributed by atoms with Gasteiger partial charge in [0, 0.05) is 30.3 Å². The summed E-state index contributed by atoms with van der Waals surface area (Å²) in [5.41, 5.74) is 0.138. The fourth-order valence-electron chi connectivity index (χ4n) is 3.29. The number of carbonyl (C=O) groups is 1. The van der Waals surface area contributed by atoms with Crippen LogP contribution in [0.1, 0.15) is 18.4 Å². The van der Waals surface area contributed by atoms with Gasteiger partial charge in [-0.25, -0.2) is 4.79 Å². The number of hydrogen-bond acceptors (Lipinski definition) is 4. The monoisotopic (exact) mass is 292 g/mol. The number of fused-ring (bicyclic) bond motifs is 1. The maximum atomic E-state index is 12.2. The molecule has 2 heterocycles. The van der Waals surface area contributed by atoms with E-state index in [4.69, 9.17) is 0 Å². The van der Waals surface area contributed by atoms with Crippen molar-refractivity contribution in [1.29, 1.82) is 0 Å². The zero-order valence-corrected chi connectivity index (χ0v) is 12.3.